The number of carboxylic acids is 1. The molecule has 0 bridgehead atoms. The molecule has 4 aliphatic rings. The molecule has 12 atom stereocenters. The minimum atomic E-state index is -0.735. The molecule has 6 heteroatoms. The predicted octanol–water partition coefficient (Wildman–Crippen LogP) is 7.63. The molecule has 4 aliphatic carbocycles. The van der Waals surface area contributed by atoms with Gasteiger partial charge in [-0.15, -0.1) is 0 Å². The van der Waals surface area contributed by atoms with Gasteiger partial charge in [-0.2, -0.15) is 0 Å². The van der Waals surface area contributed by atoms with Crippen LogP contribution in [0.5, 0.6) is 0 Å². The van der Waals surface area contributed by atoms with Gasteiger partial charge in [-0.05, 0) is 105 Å². The van der Waals surface area contributed by atoms with Gasteiger partial charge < -0.3 is 19.7 Å². The zero-order chi connectivity index (χ0) is 30.7. The van der Waals surface area contributed by atoms with Crippen molar-refractivity contribution < 1.29 is 29.3 Å². The molecule has 6 nitrogen and oxygen atoms in total. The molecule has 0 aromatic rings. The summed E-state index contributed by atoms with van der Waals surface area (Å²) in [5, 5.41) is 22.7. The number of allylic oxidation sites excluding steroid dienone is 1. The van der Waals surface area contributed by atoms with Crippen LogP contribution in [0, 0.1) is 57.7 Å². The second-order valence-corrected chi connectivity index (χ2v) is 16.0. The Labute approximate surface area is 249 Å². The number of aliphatic hydroxyl groups excluding tert-OH is 1. The van der Waals surface area contributed by atoms with Gasteiger partial charge in [0.15, 0.2) is 0 Å². The monoisotopic (exact) mass is 574 g/mol. The van der Waals surface area contributed by atoms with Gasteiger partial charge in [0.1, 0.15) is 11.7 Å². The molecular weight excluding hydrogens is 516 g/mol. The zero-order valence-electron chi connectivity index (χ0n) is 27.3. The average Bonchev–Trinajstić information content (AvgIpc) is 3.10. The Kier molecular flexibility index (Phi) is 8.82. The van der Waals surface area contributed by atoms with Crippen LogP contribution < -0.4 is 0 Å². The van der Waals surface area contributed by atoms with E-state index in [1.165, 1.54) is 6.92 Å². The first-order valence-electron chi connectivity index (χ1n) is 16.3. The molecule has 2 unspecified atom stereocenters. The summed E-state index contributed by atoms with van der Waals surface area (Å²) in [6.45, 7) is 23.3. The van der Waals surface area contributed by atoms with Crippen LogP contribution in [0.25, 0.3) is 0 Å². The van der Waals surface area contributed by atoms with E-state index in [9.17, 15) is 19.8 Å². The molecule has 2 N–H and O–H groups in total. The number of rotatable bonds is 9. The molecule has 0 heterocycles. The molecule has 4 saturated carbocycles. The van der Waals surface area contributed by atoms with Crippen molar-refractivity contribution in [1.29, 1.82) is 0 Å². The van der Waals surface area contributed by atoms with E-state index in [1.54, 1.807) is 0 Å². The molecular formula is C35H58O6. The molecule has 4 fully saturated rings. The highest BCUT2D eigenvalue weighted by Crippen LogP contribution is 2.75. The van der Waals surface area contributed by atoms with E-state index in [1.807, 2.05) is 6.92 Å². The minimum Gasteiger partial charge on any atom is -0.495 e. The molecule has 0 aromatic heterocycles. The van der Waals surface area contributed by atoms with Crippen LogP contribution in [0.1, 0.15) is 120 Å². The lowest BCUT2D eigenvalue weighted by molar-refractivity contribution is -0.252. The van der Waals surface area contributed by atoms with Crippen molar-refractivity contribution in [3.05, 3.63) is 12.3 Å². The molecule has 0 saturated heterocycles. The molecule has 4 rings (SSSR count). The number of aliphatic carboxylic acids is 1. The van der Waals surface area contributed by atoms with Gasteiger partial charge in [-0.1, -0.05) is 61.0 Å². The fraction of sp³-hybridized carbons (Fsp3) is 0.886. The number of ether oxygens (including phenoxy) is 2. The van der Waals surface area contributed by atoms with Crippen LogP contribution in [0.4, 0.5) is 0 Å². The summed E-state index contributed by atoms with van der Waals surface area (Å²) in [5.74, 6) is 0.256. The maximum absolute atomic E-state index is 12.9. The smallest absolute Gasteiger partial charge is 0.306 e. The Morgan fingerprint density at radius 3 is 2.22 bits per heavy atom. The fourth-order valence-corrected chi connectivity index (χ4v) is 11.2. The molecule has 0 amide bonds. The summed E-state index contributed by atoms with van der Waals surface area (Å²) in [6, 6.07) is 0. The molecule has 41 heavy (non-hydrogen) atoms. The molecule has 0 aromatic carbocycles. The van der Waals surface area contributed by atoms with Crippen LogP contribution in [-0.4, -0.2) is 40.0 Å². The van der Waals surface area contributed by atoms with E-state index in [-0.39, 0.29) is 52.0 Å². The highest BCUT2D eigenvalue weighted by atomic mass is 16.6. The molecule has 0 spiro atoms. The van der Waals surface area contributed by atoms with Gasteiger partial charge >= 0.3 is 11.9 Å². The van der Waals surface area contributed by atoms with E-state index in [0.717, 1.165) is 44.9 Å². The molecule has 0 radical (unpaired) electrons. The number of carbonyl (C=O) groups is 2. The second kappa shape index (κ2) is 11.2. The number of hydrogen-bond donors (Lipinski definition) is 2. The Hall–Kier alpha value is -1.56. The van der Waals surface area contributed by atoms with E-state index >= 15 is 0 Å². The largest absolute Gasteiger partial charge is 0.495 e. The lowest BCUT2D eigenvalue weighted by Gasteiger charge is -2.70. The van der Waals surface area contributed by atoms with Crippen molar-refractivity contribution >= 4 is 11.9 Å². The van der Waals surface area contributed by atoms with Crippen molar-refractivity contribution in [3.63, 3.8) is 0 Å². The summed E-state index contributed by atoms with van der Waals surface area (Å²) < 4.78 is 12.4. The highest BCUT2D eigenvalue weighted by molar-refractivity contribution is 5.70. The lowest BCUT2D eigenvalue weighted by Crippen LogP contribution is -2.67. The van der Waals surface area contributed by atoms with Crippen molar-refractivity contribution in [2.75, 3.05) is 0 Å². The topological polar surface area (TPSA) is 93.1 Å². The van der Waals surface area contributed by atoms with Crippen LogP contribution >= 0.6 is 0 Å². The SMILES string of the molecule is C=C(C)OC1C[C@@]2(C)[C@H](C[C@@H](O)[C@H]3[C@@]4(C)CC[C@@](C)(OC(C)=O)[C@@H](C)[C@@H]4CC[C@@]32C)[C@H]1C(CCCC(C)C)C(=O)O. The summed E-state index contributed by atoms with van der Waals surface area (Å²) in [6.07, 6.45) is 6.92. The third-order valence-corrected chi connectivity index (χ3v) is 13.3. The second-order valence-electron chi connectivity index (χ2n) is 16.0. The van der Waals surface area contributed by atoms with Crippen LogP contribution in [0.15, 0.2) is 12.3 Å². The fourth-order valence-electron chi connectivity index (χ4n) is 11.2. The van der Waals surface area contributed by atoms with E-state index in [4.69, 9.17) is 9.47 Å². The first-order valence-corrected chi connectivity index (χ1v) is 16.3. The maximum Gasteiger partial charge on any atom is 0.306 e. The molecule has 234 valence electrons. The number of hydrogen-bond acceptors (Lipinski definition) is 5. The summed E-state index contributed by atoms with van der Waals surface area (Å²) in [4.78, 5) is 24.9. The molecule has 0 aliphatic heterocycles. The number of carboxylic acid groups (broad SMARTS) is 1. The zero-order valence-corrected chi connectivity index (χ0v) is 27.3. The van der Waals surface area contributed by atoms with Gasteiger partial charge in [0, 0.05) is 12.8 Å². The Morgan fingerprint density at radius 2 is 1.66 bits per heavy atom. The van der Waals surface area contributed by atoms with E-state index in [0.29, 0.717) is 30.4 Å². The van der Waals surface area contributed by atoms with Crippen LogP contribution in [0.2, 0.25) is 0 Å². The normalized spacial score (nSPS) is 46.2. The summed E-state index contributed by atoms with van der Waals surface area (Å²) in [7, 11) is 0. The minimum absolute atomic E-state index is 0.0655. The van der Waals surface area contributed by atoms with Crippen molar-refractivity contribution in [3.8, 4) is 0 Å². The number of fused-ring (bicyclic) bond motifs is 5. The first-order chi connectivity index (χ1) is 18.9. The third-order valence-electron chi connectivity index (χ3n) is 13.3. The highest BCUT2D eigenvalue weighted by Gasteiger charge is 2.72. The van der Waals surface area contributed by atoms with E-state index < -0.39 is 23.6 Å². The van der Waals surface area contributed by atoms with Gasteiger partial charge in [0.05, 0.1) is 17.8 Å². The third kappa shape index (κ3) is 5.27. The van der Waals surface area contributed by atoms with Gasteiger partial charge in [0.2, 0.25) is 0 Å². The van der Waals surface area contributed by atoms with Gasteiger partial charge in [0.25, 0.3) is 0 Å². The van der Waals surface area contributed by atoms with Gasteiger partial charge in [-0.25, -0.2) is 0 Å². The van der Waals surface area contributed by atoms with E-state index in [2.05, 4.69) is 55.0 Å². The van der Waals surface area contributed by atoms with Crippen molar-refractivity contribution in [1.82, 2.24) is 0 Å². The predicted molar refractivity (Wildman–Crippen MR) is 161 cm³/mol. The summed E-state index contributed by atoms with van der Waals surface area (Å²) in [5.41, 5.74) is -0.908. The standard InChI is InChI=1S/C35H58O6/c1-20(2)12-11-13-24(31(38)39)29-26-18-27(37)30-32(7)16-17-35(10,41-23(6)36)22(5)25(32)14-15-33(30,8)34(26,9)19-28(29)40-21(3)4/h20,22,24-30,37H,3,11-19H2,1-2,4-10H3,(H,38,39)/t22-,24?,25-,26+,27+,28?,29+,30-,32-,33-,34-,35+/m0/s1. The van der Waals surface area contributed by atoms with Crippen molar-refractivity contribution in [2.45, 2.75) is 138 Å². The quantitative estimate of drug-likeness (QED) is 0.217. The Balaban J connectivity index is 1.72. The Morgan fingerprint density at radius 1 is 1.00 bits per heavy atom. The lowest BCUT2D eigenvalue weighted by atomic mass is 9.35. The maximum atomic E-state index is 12.9. The number of esters is 1. The summed E-state index contributed by atoms with van der Waals surface area (Å²) >= 11 is 0. The first kappa shape index (κ1) is 32.4. The average molecular weight is 575 g/mol. The van der Waals surface area contributed by atoms with Crippen molar-refractivity contribution in [2.24, 2.45) is 57.7 Å². The number of carbonyl (C=O) groups excluding carboxylic acids is 1. The number of aliphatic hydroxyl groups is 1. The van der Waals surface area contributed by atoms with Crippen LogP contribution in [-0.2, 0) is 19.1 Å². The van der Waals surface area contributed by atoms with Gasteiger partial charge in [-0.3, -0.25) is 9.59 Å². The Bertz CT molecular complexity index is 1020. The van der Waals surface area contributed by atoms with Crippen LogP contribution in [0.3, 0.4) is 0 Å².